The fourth-order valence-electron chi connectivity index (χ4n) is 2.44. The van der Waals surface area contributed by atoms with Crippen LogP contribution in [0.15, 0.2) is 11.1 Å². The molecule has 0 nitrogen and oxygen atoms in total. The molecule has 0 aliphatic rings. The van der Waals surface area contributed by atoms with E-state index in [0.717, 1.165) is 11.8 Å². The molecule has 0 fully saturated rings. The van der Waals surface area contributed by atoms with Gasteiger partial charge in [0.05, 0.1) is 0 Å². The smallest absolute Gasteiger partial charge is 0.0180 e. The molecule has 0 aromatic heterocycles. The van der Waals surface area contributed by atoms with Crippen molar-refractivity contribution in [3.05, 3.63) is 11.1 Å². The van der Waals surface area contributed by atoms with Crippen LogP contribution in [0, 0.1) is 17.8 Å². The standard InChI is InChI=1S/C15H30/c1-8-10-15(13(7)11(3)4)14(9-2)12(5)6/h11-12,14H,8-10H2,1-7H3. The van der Waals surface area contributed by atoms with Crippen molar-refractivity contribution >= 4 is 0 Å². The van der Waals surface area contributed by atoms with Crippen LogP contribution in [0.5, 0.6) is 0 Å². The van der Waals surface area contributed by atoms with Crippen LogP contribution >= 0.6 is 0 Å². The van der Waals surface area contributed by atoms with Gasteiger partial charge in [-0.3, -0.25) is 0 Å². The Morgan fingerprint density at radius 2 is 1.53 bits per heavy atom. The fourth-order valence-corrected chi connectivity index (χ4v) is 2.44. The second-order valence-electron chi connectivity index (χ2n) is 5.37. The van der Waals surface area contributed by atoms with Crippen molar-refractivity contribution in [3.8, 4) is 0 Å². The highest BCUT2D eigenvalue weighted by Crippen LogP contribution is 2.32. The van der Waals surface area contributed by atoms with Crippen LogP contribution in [0.1, 0.15) is 67.7 Å². The molecule has 0 bridgehead atoms. The Kier molecular flexibility index (Phi) is 6.96. The summed E-state index contributed by atoms with van der Waals surface area (Å²) in [6, 6.07) is 0. The minimum Gasteiger partial charge on any atom is -0.0713 e. The zero-order valence-electron chi connectivity index (χ0n) is 11.9. The van der Waals surface area contributed by atoms with E-state index in [9.17, 15) is 0 Å². The molecule has 0 aromatic rings. The second kappa shape index (κ2) is 7.09. The van der Waals surface area contributed by atoms with E-state index in [4.69, 9.17) is 0 Å². The van der Waals surface area contributed by atoms with Crippen LogP contribution < -0.4 is 0 Å². The largest absolute Gasteiger partial charge is 0.0713 e. The van der Waals surface area contributed by atoms with E-state index in [2.05, 4.69) is 48.5 Å². The first-order valence-corrected chi connectivity index (χ1v) is 6.65. The summed E-state index contributed by atoms with van der Waals surface area (Å²) in [4.78, 5) is 0. The quantitative estimate of drug-likeness (QED) is 0.512. The Bertz CT molecular complexity index is 196. The maximum atomic E-state index is 2.36. The van der Waals surface area contributed by atoms with Crippen molar-refractivity contribution in [2.45, 2.75) is 67.7 Å². The maximum Gasteiger partial charge on any atom is -0.0180 e. The molecule has 0 aromatic carbocycles. The van der Waals surface area contributed by atoms with Gasteiger partial charge in [0, 0.05) is 0 Å². The van der Waals surface area contributed by atoms with Gasteiger partial charge in [-0.15, -0.1) is 0 Å². The van der Waals surface area contributed by atoms with Crippen molar-refractivity contribution < 1.29 is 0 Å². The zero-order chi connectivity index (χ0) is 12.0. The molecule has 15 heavy (non-hydrogen) atoms. The van der Waals surface area contributed by atoms with E-state index in [1.165, 1.54) is 19.3 Å². The molecule has 1 unspecified atom stereocenters. The van der Waals surface area contributed by atoms with Crippen LogP contribution in [-0.2, 0) is 0 Å². The van der Waals surface area contributed by atoms with E-state index in [0.29, 0.717) is 5.92 Å². The first kappa shape index (κ1) is 14.7. The predicted molar refractivity (Wildman–Crippen MR) is 71.1 cm³/mol. The zero-order valence-corrected chi connectivity index (χ0v) is 11.9. The van der Waals surface area contributed by atoms with Gasteiger partial charge in [0.1, 0.15) is 0 Å². The summed E-state index contributed by atoms with van der Waals surface area (Å²) in [5.74, 6) is 2.29. The highest BCUT2D eigenvalue weighted by molar-refractivity contribution is 5.17. The molecule has 0 amide bonds. The Hall–Kier alpha value is -0.260. The first-order valence-electron chi connectivity index (χ1n) is 6.65. The molecule has 0 rings (SSSR count). The van der Waals surface area contributed by atoms with E-state index in [-0.39, 0.29) is 0 Å². The maximum absolute atomic E-state index is 2.36. The van der Waals surface area contributed by atoms with Crippen LogP contribution in [0.2, 0.25) is 0 Å². The van der Waals surface area contributed by atoms with Crippen LogP contribution in [0.25, 0.3) is 0 Å². The lowest BCUT2D eigenvalue weighted by Gasteiger charge is -2.26. The minimum absolute atomic E-state index is 0.708. The summed E-state index contributed by atoms with van der Waals surface area (Å²) in [6.45, 7) is 16.3. The van der Waals surface area contributed by atoms with Crippen molar-refractivity contribution in [2.75, 3.05) is 0 Å². The molecule has 0 saturated carbocycles. The molecule has 0 heterocycles. The van der Waals surface area contributed by atoms with E-state index < -0.39 is 0 Å². The third-order valence-corrected chi connectivity index (χ3v) is 3.58. The molecule has 0 aliphatic carbocycles. The normalized spacial score (nSPS) is 15.8. The van der Waals surface area contributed by atoms with Crippen molar-refractivity contribution in [1.29, 1.82) is 0 Å². The molecular formula is C15H30. The first-order chi connectivity index (χ1) is 6.95. The van der Waals surface area contributed by atoms with Gasteiger partial charge >= 0.3 is 0 Å². The van der Waals surface area contributed by atoms with Crippen molar-refractivity contribution in [2.24, 2.45) is 17.8 Å². The van der Waals surface area contributed by atoms with Gasteiger partial charge in [-0.25, -0.2) is 0 Å². The Labute approximate surface area is 97.2 Å². The summed E-state index contributed by atoms with van der Waals surface area (Å²) in [6.07, 6.45) is 3.86. The molecule has 0 radical (unpaired) electrons. The fraction of sp³-hybridized carbons (Fsp3) is 0.867. The second-order valence-corrected chi connectivity index (χ2v) is 5.37. The van der Waals surface area contributed by atoms with Gasteiger partial charge in [-0.05, 0) is 37.5 Å². The van der Waals surface area contributed by atoms with Crippen molar-refractivity contribution in [1.82, 2.24) is 0 Å². The lowest BCUT2D eigenvalue weighted by Crippen LogP contribution is -2.14. The SMILES string of the molecule is CCCC(=C(C)C(C)C)C(CC)C(C)C. The topological polar surface area (TPSA) is 0 Å². The lowest BCUT2D eigenvalue weighted by atomic mass is 9.79. The van der Waals surface area contributed by atoms with Crippen LogP contribution in [0.3, 0.4) is 0 Å². The molecule has 0 aliphatic heterocycles. The van der Waals surface area contributed by atoms with Crippen molar-refractivity contribution in [3.63, 3.8) is 0 Å². The average molecular weight is 210 g/mol. The summed E-state index contributed by atoms with van der Waals surface area (Å²) in [7, 11) is 0. The lowest BCUT2D eigenvalue weighted by molar-refractivity contribution is 0.410. The van der Waals surface area contributed by atoms with Crippen LogP contribution in [-0.4, -0.2) is 0 Å². The van der Waals surface area contributed by atoms with Gasteiger partial charge in [0.25, 0.3) is 0 Å². The number of rotatable bonds is 6. The average Bonchev–Trinajstić information content (AvgIpc) is 2.15. The van der Waals surface area contributed by atoms with Gasteiger partial charge in [0.15, 0.2) is 0 Å². The molecular weight excluding hydrogens is 180 g/mol. The molecule has 90 valence electrons. The summed E-state index contributed by atoms with van der Waals surface area (Å²) in [5.41, 5.74) is 3.38. The molecule has 0 N–H and O–H groups in total. The van der Waals surface area contributed by atoms with E-state index in [1.54, 1.807) is 11.1 Å². The highest BCUT2D eigenvalue weighted by atomic mass is 14.2. The minimum atomic E-state index is 0.708. The van der Waals surface area contributed by atoms with Gasteiger partial charge in [-0.1, -0.05) is 59.1 Å². The van der Waals surface area contributed by atoms with Gasteiger partial charge in [0.2, 0.25) is 0 Å². The molecule has 1 atom stereocenters. The third kappa shape index (κ3) is 4.40. The molecule has 0 heteroatoms. The monoisotopic (exact) mass is 210 g/mol. The van der Waals surface area contributed by atoms with Gasteiger partial charge < -0.3 is 0 Å². The molecule has 0 saturated heterocycles. The van der Waals surface area contributed by atoms with E-state index in [1.807, 2.05) is 0 Å². The summed E-state index contributed by atoms with van der Waals surface area (Å²) >= 11 is 0. The Morgan fingerprint density at radius 1 is 1.00 bits per heavy atom. The summed E-state index contributed by atoms with van der Waals surface area (Å²) in [5, 5.41) is 0. The highest BCUT2D eigenvalue weighted by Gasteiger charge is 2.18. The molecule has 0 spiro atoms. The predicted octanol–water partition coefficient (Wildman–Crippen LogP) is 5.44. The number of hydrogen-bond donors (Lipinski definition) is 0. The summed E-state index contributed by atoms with van der Waals surface area (Å²) < 4.78 is 0. The Balaban J connectivity index is 5.00. The van der Waals surface area contributed by atoms with E-state index >= 15 is 0 Å². The number of allylic oxidation sites excluding steroid dienone is 2. The van der Waals surface area contributed by atoms with Gasteiger partial charge in [-0.2, -0.15) is 0 Å². The third-order valence-electron chi connectivity index (χ3n) is 3.58. The van der Waals surface area contributed by atoms with Crippen LogP contribution in [0.4, 0.5) is 0 Å². The Morgan fingerprint density at radius 3 is 1.80 bits per heavy atom. The number of hydrogen-bond acceptors (Lipinski definition) is 0.